The van der Waals surface area contributed by atoms with E-state index in [1.54, 1.807) is 19.2 Å². The fourth-order valence-corrected chi connectivity index (χ4v) is 3.78. The number of halogens is 1. The van der Waals surface area contributed by atoms with Gasteiger partial charge in [0.05, 0.1) is 24.9 Å². The summed E-state index contributed by atoms with van der Waals surface area (Å²) >= 11 is 0. The molecule has 0 amide bonds. The number of nitrogens with zero attached hydrogens (tertiary/aromatic N) is 4. The molecule has 4 rings (SSSR count). The smallest absolute Gasteiger partial charge is 0.163 e. The summed E-state index contributed by atoms with van der Waals surface area (Å²) in [7, 11) is 1.58. The van der Waals surface area contributed by atoms with Crippen LogP contribution in [0.25, 0.3) is 10.9 Å². The van der Waals surface area contributed by atoms with Gasteiger partial charge < -0.3 is 19.7 Å². The molecule has 31 heavy (non-hydrogen) atoms. The van der Waals surface area contributed by atoms with Gasteiger partial charge in [0.2, 0.25) is 0 Å². The van der Waals surface area contributed by atoms with Gasteiger partial charge in [0.25, 0.3) is 0 Å². The predicted molar refractivity (Wildman–Crippen MR) is 116 cm³/mol. The van der Waals surface area contributed by atoms with Crippen LogP contribution in [-0.4, -0.2) is 48.2 Å². The minimum atomic E-state index is -0.590. The first-order chi connectivity index (χ1) is 15.2. The SMILES string of the molecule is COc1cc2c(Nc3cccc(F)c3C#N)ncnc2cc1OCCCN1CCCC1. The summed E-state index contributed by atoms with van der Waals surface area (Å²) in [5.74, 6) is 1.04. The van der Waals surface area contributed by atoms with E-state index in [0.29, 0.717) is 40.5 Å². The van der Waals surface area contributed by atoms with Crippen LogP contribution in [0.4, 0.5) is 15.9 Å². The standard InChI is InChI=1S/C23H24FN5O2/c1-30-21-12-16-20(13-22(21)31-11-5-10-29-8-2-3-9-29)26-15-27-23(16)28-19-7-4-6-18(24)17(19)14-25/h4,6-7,12-13,15H,2-3,5,8-11H2,1H3,(H,26,27,28). The van der Waals surface area contributed by atoms with Crippen LogP contribution in [0.5, 0.6) is 11.5 Å². The summed E-state index contributed by atoms with van der Waals surface area (Å²) in [5.41, 5.74) is 0.922. The first-order valence-electron chi connectivity index (χ1n) is 10.3. The van der Waals surface area contributed by atoms with Crippen LogP contribution in [0.15, 0.2) is 36.7 Å². The lowest BCUT2D eigenvalue weighted by Gasteiger charge is -2.16. The van der Waals surface area contributed by atoms with E-state index in [1.807, 2.05) is 12.1 Å². The number of benzene rings is 2. The number of nitriles is 1. The molecule has 0 aliphatic carbocycles. The van der Waals surface area contributed by atoms with Crippen molar-refractivity contribution in [3.8, 4) is 17.6 Å². The quantitative estimate of drug-likeness (QED) is 0.544. The lowest BCUT2D eigenvalue weighted by molar-refractivity contribution is 0.254. The summed E-state index contributed by atoms with van der Waals surface area (Å²) in [4.78, 5) is 11.1. The maximum absolute atomic E-state index is 14.0. The molecule has 1 N–H and O–H groups in total. The first kappa shape index (κ1) is 20.8. The van der Waals surface area contributed by atoms with Crippen LogP contribution in [0.2, 0.25) is 0 Å². The largest absolute Gasteiger partial charge is 0.493 e. The Hall–Kier alpha value is -3.44. The van der Waals surface area contributed by atoms with Crippen LogP contribution >= 0.6 is 0 Å². The molecule has 1 aliphatic rings. The first-order valence-corrected chi connectivity index (χ1v) is 10.3. The minimum Gasteiger partial charge on any atom is -0.493 e. The Bertz CT molecular complexity index is 1110. The number of rotatable bonds is 8. The molecule has 7 nitrogen and oxygen atoms in total. The molecule has 0 saturated carbocycles. The Morgan fingerprint density at radius 1 is 1.19 bits per heavy atom. The number of nitrogens with one attached hydrogen (secondary N) is 1. The maximum Gasteiger partial charge on any atom is 0.163 e. The Kier molecular flexibility index (Phi) is 6.43. The van der Waals surface area contributed by atoms with Gasteiger partial charge in [-0.15, -0.1) is 0 Å². The zero-order valence-electron chi connectivity index (χ0n) is 17.4. The summed E-state index contributed by atoms with van der Waals surface area (Å²) in [6, 6.07) is 9.90. The average Bonchev–Trinajstić information content (AvgIpc) is 3.30. The van der Waals surface area contributed by atoms with Crippen LogP contribution in [0.1, 0.15) is 24.8 Å². The van der Waals surface area contributed by atoms with Gasteiger partial charge in [-0.05, 0) is 50.6 Å². The van der Waals surface area contributed by atoms with Crippen molar-refractivity contribution < 1.29 is 13.9 Å². The zero-order valence-corrected chi connectivity index (χ0v) is 17.4. The number of methoxy groups -OCH3 is 1. The number of anilines is 2. The maximum atomic E-state index is 14.0. The van der Waals surface area contributed by atoms with E-state index in [4.69, 9.17) is 9.47 Å². The lowest BCUT2D eigenvalue weighted by atomic mass is 10.1. The van der Waals surface area contributed by atoms with E-state index in [2.05, 4.69) is 20.2 Å². The predicted octanol–water partition coefficient (Wildman–Crippen LogP) is 4.26. The van der Waals surface area contributed by atoms with Gasteiger partial charge in [0, 0.05) is 18.0 Å². The number of hydrogen-bond acceptors (Lipinski definition) is 7. The molecule has 1 aliphatic heterocycles. The van der Waals surface area contributed by atoms with E-state index < -0.39 is 5.82 Å². The van der Waals surface area contributed by atoms with Gasteiger partial charge in [0.15, 0.2) is 11.5 Å². The molecule has 0 atom stereocenters. The fourth-order valence-electron chi connectivity index (χ4n) is 3.78. The Balaban J connectivity index is 1.55. The third-order valence-corrected chi connectivity index (χ3v) is 5.37. The molecule has 8 heteroatoms. The molecule has 0 spiro atoms. The van der Waals surface area contributed by atoms with E-state index in [-0.39, 0.29) is 5.56 Å². The molecular weight excluding hydrogens is 397 g/mol. The highest BCUT2D eigenvalue weighted by molar-refractivity contribution is 5.93. The minimum absolute atomic E-state index is 0.0702. The molecule has 160 valence electrons. The molecule has 3 aromatic rings. The Labute approximate surface area is 180 Å². The normalized spacial score (nSPS) is 13.8. The number of fused-ring (bicyclic) bond motifs is 1. The Morgan fingerprint density at radius 3 is 2.81 bits per heavy atom. The van der Waals surface area contributed by atoms with Crippen LogP contribution in [-0.2, 0) is 0 Å². The molecule has 0 radical (unpaired) electrons. The van der Waals surface area contributed by atoms with Crippen molar-refractivity contribution in [2.45, 2.75) is 19.3 Å². The monoisotopic (exact) mass is 421 g/mol. The van der Waals surface area contributed by atoms with Crippen molar-refractivity contribution in [3.63, 3.8) is 0 Å². The molecule has 0 bridgehead atoms. The second-order valence-corrected chi connectivity index (χ2v) is 7.39. The second kappa shape index (κ2) is 9.58. The second-order valence-electron chi connectivity index (χ2n) is 7.39. The van der Waals surface area contributed by atoms with Gasteiger partial charge in [-0.25, -0.2) is 14.4 Å². The summed E-state index contributed by atoms with van der Waals surface area (Å²) in [6.45, 7) is 3.96. The molecule has 1 aromatic heterocycles. The van der Waals surface area contributed by atoms with E-state index in [0.717, 1.165) is 13.0 Å². The molecular formula is C23H24FN5O2. The molecule has 2 heterocycles. The van der Waals surface area contributed by atoms with Crippen molar-refractivity contribution in [1.29, 1.82) is 5.26 Å². The fraction of sp³-hybridized carbons (Fsp3) is 0.348. The van der Waals surface area contributed by atoms with Crippen molar-refractivity contribution in [1.82, 2.24) is 14.9 Å². The highest BCUT2D eigenvalue weighted by atomic mass is 19.1. The summed E-state index contributed by atoms with van der Waals surface area (Å²) in [5, 5.41) is 13.0. The van der Waals surface area contributed by atoms with Crippen LogP contribution < -0.4 is 14.8 Å². The highest BCUT2D eigenvalue weighted by Gasteiger charge is 2.15. The van der Waals surface area contributed by atoms with Crippen molar-refractivity contribution in [3.05, 3.63) is 48.0 Å². The van der Waals surface area contributed by atoms with Crippen LogP contribution in [0, 0.1) is 17.1 Å². The number of likely N-dealkylation sites (tertiary alicyclic amines) is 1. The summed E-state index contributed by atoms with van der Waals surface area (Å²) < 4.78 is 25.5. The van der Waals surface area contributed by atoms with Crippen LogP contribution in [0.3, 0.4) is 0 Å². The number of aromatic nitrogens is 2. The number of ether oxygens (including phenoxy) is 2. The van der Waals surface area contributed by atoms with Gasteiger partial charge in [0.1, 0.15) is 29.6 Å². The van der Waals surface area contributed by atoms with Gasteiger partial charge in [-0.3, -0.25) is 0 Å². The van der Waals surface area contributed by atoms with E-state index in [9.17, 15) is 9.65 Å². The summed E-state index contributed by atoms with van der Waals surface area (Å²) in [6.07, 6.45) is 4.91. The molecule has 2 aromatic carbocycles. The highest BCUT2D eigenvalue weighted by Crippen LogP contribution is 2.35. The van der Waals surface area contributed by atoms with Gasteiger partial charge >= 0.3 is 0 Å². The zero-order chi connectivity index (χ0) is 21.6. The average molecular weight is 421 g/mol. The van der Waals surface area contributed by atoms with Crippen molar-refractivity contribution in [2.24, 2.45) is 0 Å². The topological polar surface area (TPSA) is 83.3 Å². The Morgan fingerprint density at radius 2 is 2.03 bits per heavy atom. The molecule has 0 unspecified atom stereocenters. The van der Waals surface area contributed by atoms with Crippen molar-refractivity contribution >= 4 is 22.4 Å². The number of hydrogen-bond donors (Lipinski definition) is 1. The van der Waals surface area contributed by atoms with E-state index in [1.165, 1.54) is 44.4 Å². The molecule has 1 saturated heterocycles. The van der Waals surface area contributed by atoms with Gasteiger partial charge in [-0.1, -0.05) is 6.07 Å². The molecule has 1 fully saturated rings. The van der Waals surface area contributed by atoms with Gasteiger partial charge in [-0.2, -0.15) is 5.26 Å². The third-order valence-electron chi connectivity index (χ3n) is 5.37. The van der Waals surface area contributed by atoms with Crippen molar-refractivity contribution in [2.75, 3.05) is 38.7 Å². The third kappa shape index (κ3) is 4.67. The van der Waals surface area contributed by atoms with E-state index >= 15 is 0 Å². The lowest BCUT2D eigenvalue weighted by Crippen LogP contribution is -2.21.